The normalized spacial score (nSPS) is 45.1. The van der Waals surface area contributed by atoms with Crippen molar-refractivity contribution in [2.75, 3.05) is 5.73 Å². The Bertz CT molecular complexity index is 387. The number of nitrogen functional groups attached to an aromatic ring is 1. The SMILES string of the molecule is Nc1n[nH]c(C23CC4CC(CC(C4)C2)C3)n1. The van der Waals surface area contributed by atoms with E-state index in [1.165, 1.54) is 38.5 Å². The average Bonchev–Trinajstić information content (AvgIpc) is 2.63. The van der Waals surface area contributed by atoms with Crippen LogP contribution in [0, 0.1) is 17.8 Å². The van der Waals surface area contributed by atoms with Gasteiger partial charge in [0.15, 0.2) is 0 Å². The second kappa shape index (κ2) is 2.79. The molecule has 4 fully saturated rings. The van der Waals surface area contributed by atoms with Gasteiger partial charge in [-0.3, -0.25) is 5.10 Å². The maximum Gasteiger partial charge on any atom is 0.239 e. The first-order valence-corrected chi connectivity index (χ1v) is 6.42. The van der Waals surface area contributed by atoms with Crippen LogP contribution in [0.5, 0.6) is 0 Å². The van der Waals surface area contributed by atoms with Crippen LogP contribution < -0.4 is 5.73 Å². The molecule has 4 saturated carbocycles. The third-order valence-corrected chi connectivity index (χ3v) is 5.04. The van der Waals surface area contributed by atoms with Crippen molar-refractivity contribution < 1.29 is 0 Å². The molecule has 5 rings (SSSR count). The minimum atomic E-state index is 0.305. The van der Waals surface area contributed by atoms with Crippen molar-refractivity contribution in [1.82, 2.24) is 15.2 Å². The van der Waals surface area contributed by atoms with Crippen LogP contribution in [-0.4, -0.2) is 15.2 Å². The quantitative estimate of drug-likeness (QED) is 0.756. The zero-order valence-electron chi connectivity index (χ0n) is 9.45. The summed E-state index contributed by atoms with van der Waals surface area (Å²) in [4.78, 5) is 4.41. The lowest BCUT2D eigenvalue weighted by molar-refractivity contribution is -0.00920. The molecule has 4 nitrogen and oxygen atoms in total. The first-order chi connectivity index (χ1) is 7.73. The maximum atomic E-state index is 5.64. The van der Waals surface area contributed by atoms with Crippen LogP contribution in [0.4, 0.5) is 5.95 Å². The first-order valence-electron chi connectivity index (χ1n) is 6.42. The van der Waals surface area contributed by atoms with Crippen LogP contribution in [0.2, 0.25) is 0 Å². The fourth-order valence-electron chi connectivity index (χ4n) is 4.91. The Kier molecular flexibility index (Phi) is 1.57. The number of nitrogens with one attached hydrogen (secondary N) is 1. The standard InChI is InChI=1S/C12H18N4/c13-11-14-10(15-16-11)12-4-7-1-8(5-12)3-9(2-7)6-12/h7-9H,1-6H2,(H3,13,14,15,16). The van der Waals surface area contributed by atoms with Gasteiger partial charge >= 0.3 is 0 Å². The smallest absolute Gasteiger partial charge is 0.239 e. The van der Waals surface area contributed by atoms with E-state index in [-0.39, 0.29) is 0 Å². The summed E-state index contributed by atoms with van der Waals surface area (Å²) in [6.45, 7) is 0. The topological polar surface area (TPSA) is 67.6 Å². The summed E-state index contributed by atoms with van der Waals surface area (Å²) in [6, 6.07) is 0. The molecule has 0 radical (unpaired) electrons. The number of nitrogens with zero attached hydrogens (tertiary/aromatic N) is 2. The van der Waals surface area contributed by atoms with Crippen LogP contribution >= 0.6 is 0 Å². The second-order valence-corrected chi connectivity index (χ2v) is 6.24. The van der Waals surface area contributed by atoms with Gasteiger partial charge in [-0.2, -0.15) is 4.98 Å². The number of rotatable bonds is 1. The molecule has 0 saturated heterocycles. The molecule has 1 aromatic heterocycles. The monoisotopic (exact) mass is 218 g/mol. The molecule has 4 aliphatic rings. The van der Waals surface area contributed by atoms with Crippen LogP contribution in [0.15, 0.2) is 0 Å². The Morgan fingerprint density at radius 3 is 2.06 bits per heavy atom. The van der Waals surface area contributed by atoms with E-state index in [9.17, 15) is 0 Å². The minimum Gasteiger partial charge on any atom is -0.367 e. The zero-order valence-corrected chi connectivity index (χ0v) is 9.45. The van der Waals surface area contributed by atoms with E-state index in [4.69, 9.17) is 5.73 Å². The molecule has 16 heavy (non-hydrogen) atoms. The average molecular weight is 218 g/mol. The van der Waals surface area contributed by atoms with E-state index < -0.39 is 0 Å². The Labute approximate surface area is 95.0 Å². The van der Waals surface area contributed by atoms with Gasteiger partial charge in [-0.1, -0.05) is 0 Å². The Balaban J connectivity index is 1.76. The maximum absolute atomic E-state index is 5.64. The van der Waals surface area contributed by atoms with Crippen molar-refractivity contribution >= 4 is 5.95 Å². The van der Waals surface area contributed by atoms with Gasteiger partial charge in [0.1, 0.15) is 5.82 Å². The van der Waals surface area contributed by atoms with Gasteiger partial charge < -0.3 is 5.73 Å². The van der Waals surface area contributed by atoms with Gasteiger partial charge in [0.25, 0.3) is 0 Å². The third-order valence-electron chi connectivity index (χ3n) is 5.04. The highest BCUT2D eigenvalue weighted by Gasteiger charge is 2.53. The zero-order chi connectivity index (χ0) is 10.8. The molecule has 4 heteroatoms. The van der Waals surface area contributed by atoms with E-state index in [1.807, 2.05) is 0 Å². The molecule has 0 aromatic carbocycles. The van der Waals surface area contributed by atoms with Crippen molar-refractivity contribution in [2.24, 2.45) is 17.8 Å². The summed E-state index contributed by atoms with van der Waals surface area (Å²) in [5.41, 5.74) is 5.95. The summed E-state index contributed by atoms with van der Waals surface area (Å²) in [7, 11) is 0. The van der Waals surface area contributed by atoms with Crippen molar-refractivity contribution in [3.63, 3.8) is 0 Å². The third kappa shape index (κ3) is 1.10. The minimum absolute atomic E-state index is 0.305. The lowest BCUT2D eigenvalue weighted by atomic mass is 9.49. The fourth-order valence-corrected chi connectivity index (χ4v) is 4.91. The predicted molar refractivity (Wildman–Crippen MR) is 60.6 cm³/mol. The molecule has 86 valence electrons. The van der Waals surface area contributed by atoms with E-state index in [0.29, 0.717) is 11.4 Å². The highest BCUT2D eigenvalue weighted by molar-refractivity contribution is 5.22. The van der Waals surface area contributed by atoms with E-state index in [1.54, 1.807) is 0 Å². The molecule has 1 aromatic rings. The summed E-state index contributed by atoms with van der Waals surface area (Å²) < 4.78 is 0. The first kappa shape index (κ1) is 9.02. The summed E-state index contributed by atoms with van der Waals surface area (Å²) in [5.74, 6) is 4.31. The Morgan fingerprint density at radius 2 is 1.62 bits per heavy atom. The summed E-state index contributed by atoms with van der Waals surface area (Å²) in [5, 5.41) is 7.09. The van der Waals surface area contributed by atoms with Gasteiger partial charge in [0.2, 0.25) is 5.95 Å². The van der Waals surface area contributed by atoms with Gasteiger partial charge in [-0.25, -0.2) is 0 Å². The number of anilines is 1. The number of nitrogens with two attached hydrogens (primary N) is 1. The van der Waals surface area contributed by atoms with Crippen molar-refractivity contribution in [1.29, 1.82) is 0 Å². The fraction of sp³-hybridized carbons (Fsp3) is 0.833. The van der Waals surface area contributed by atoms with Crippen LogP contribution in [0.1, 0.15) is 44.3 Å². The molecular weight excluding hydrogens is 200 g/mol. The number of hydrogen-bond acceptors (Lipinski definition) is 3. The number of hydrogen-bond donors (Lipinski definition) is 2. The van der Waals surface area contributed by atoms with Crippen LogP contribution in [0.25, 0.3) is 0 Å². The molecule has 3 N–H and O–H groups in total. The Hall–Kier alpha value is -1.06. The molecule has 4 aliphatic carbocycles. The molecule has 0 spiro atoms. The number of aromatic amines is 1. The lowest BCUT2D eigenvalue weighted by Gasteiger charge is -2.55. The molecular formula is C12H18N4. The van der Waals surface area contributed by atoms with E-state index in [2.05, 4.69) is 15.2 Å². The van der Waals surface area contributed by atoms with Crippen molar-refractivity contribution in [3.05, 3.63) is 5.82 Å². The van der Waals surface area contributed by atoms with Crippen LogP contribution in [-0.2, 0) is 5.41 Å². The summed E-state index contributed by atoms with van der Waals surface area (Å²) >= 11 is 0. The van der Waals surface area contributed by atoms with Gasteiger partial charge in [0.05, 0.1) is 0 Å². The lowest BCUT2D eigenvalue weighted by Crippen LogP contribution is -2.49. The molecule has 0 amide bonds. The van der Waals surface area contributed by atoms with E-state index in [0.717, 1.165) is 23.6 Å². The molecule has 0 aliphatic heterocycles. The molecule has 0 unspecified atom stereocenters. The van der Waals surface area contributed by atoms with Crippen molar-refractivity contribution in [3.8, 4) is 0 Å². The summed E-state index contributed by atoms with van der Waals surface area (Å²) in [6.07, 6.45) is 8.32. The van der Waals surface area contributed by atoms with E-state index >= 15 is 0 Å². The second-order valence-electron chi connectivity index (χ2n) is 6.24. The predicted octanol–water partition coefficient (Wildman–Crippen LogP) is 1.85. The van der Waals surface area contributed by atoms with Gasteiger partial charge in [-0.05, 0) is 56.3 Å². The Morgan fingerprint density at radius 1 is 1.06 bits per heavy atom. The highest BCUT2D eigenvalue weighted by Crippen LogP contribution is 2.60. The molecule has 1 heterocycles. The molecule has 0 atom stereocenters. The number of H-pyrrole nitrogens is 1. The number of aromatic nitrogens is 3. The molecule has 4 bridgehead atoms. The van der Waals surface area contributed by atoms with Crippen LogP contribution in [0.3, 0.4) is 0 Å². The van der Waals surface area contributed by atoms with Gasteiger partial charge in [-0.15, -0.1) is 5.10 Å². The van der Waals surface area contributed by atoms with Gasteiger partial charge in [0, 0.05) is 5.41 Å². The highest BCUT2D eigenvalue weighted by atomic mass is 15.3. The largest absolute Gasteiger partial charge is 0.367 e. The van der Waals surface area contributed by atoms with Crippen molar-refractivity contribution in [2.45, 2.75) is 43.9 Å².